The number of alkyl halides is 1. The van der Waals surface area contributed by atoms with Crippen molar-refractivity contribution in [1.29, 1.82) is 0 Å². The molecule has 0 unspecified atom stereocenters. The molecule has 0 saturated carbocycles. The zero-order valence-corrected chi connectivity index (χ0v) is 8.23. The van der Waals surface area contributed by atoms with Crippen LogP contribution in [0, 0.1) is 0 Å². The molecule has 0 N–H and O–H groups in total. The van der Waals surface area contributed by atoms with Crippen LogP contribution in [0.1, 0.15) is 32.6 Å². The molecule has 0 rings (SSSR count). The van der Waals surface area contributed by atoms with Gasteiger partial charge in [0.15, 0.2) is 6.29 Å². The first-order chi connectivity index (χ1) is 5.85. The Morgan fingerprint density at radius 2 is 2.33 bits per heavy atom. The van der Waals surface area contributed by atoms with E-state index in [-0.39, 0.29) is 0 Å². The van der Waals surface area contributed by atoms with Gasteiger partial charge >= 0.3 is 0 Å². The molecule has 0 aliphatic carbocycles. The predicted octanol–water partition coefficient (Wildman–Crippen LogP) is 3.09. The summed E-state index contributed by atoms with van der Waals surface area (Å²) in [7, 11) is 0. The molecular weight excluding hydrogens is 172 g/mol. The first-order valence-corrected chi connectivity index (χ1v) is 4.83. The molecule has 1 nitrogen and oxygen atoms in total. The molecule has 0 heterocycles. The minimum atomic E-state index is 0.669. The molecule has 0 aromatic carbocycles. The molecule has 12 heavy (non-hydrogen) atoms. The van der Waals surface area contributed by atoms with E-state index in [4.69, 9.17) is 11.6 Å². The van der Waals surface area contributed by atoms with Crippen molar-refractivity contribution >= 4 is 17.9 Å². The number of allylic oxidation sites excluding steroid dienone is 1. The number of rotatable bonds is 6. The van der Waals surface area contributed by atoms with Crippen molar-refractivity contribution in [3.63, 3.8) is 0 Å². The van der Waals surface area contributed by atoms with E-state index < -0.39 is 0 Å². The van der Waals surface area contributed by atoms with Crippen LogP contribution in [0.2, 0.25) is 0 Å². The van der Waals surface area contributed by atoms with Gasteiger partial charge in [0.2, 0.25) is 0 Å². The topological polar surface area (TPSA) is 17.1 Å². The van der Waals surface area contributed by atoms with E-state index in [1.54, 1.807) is 0 Å². The molecule has 0 aliphatic heterocycles. The van der Waals surface area contributed by atoms with E-state index in [1.807, 2.05) is 13.0 Å². The third-order valence-electron chi connectivity index (χ3n) is 1.43. The monoisotopic (exact) mass is 186 g/mol. The van der Waals surface area contributed by atoms with Gasteiger partial charge in [-0.25, -0.2) is 0 Å². The smallest absolute Gasteiger partial charge is 0.153 e. The van der Waals surface area contributed by atoms with Gasteiger partial charge < -0.3 is 0 Å². The van der Waals surface area contributed by atoms with E-state index in [0.717, 1.165) is 37.5 Å². The van der Waals surface area contributed by atoms with Crippen molar-refractivity contribution in [2.24, 2.45) is 0 Å². The number of carbonyl (C=O) groups excluding carboxylic acids is 1. The quantitative estimate of drug-likeness (QED) is 0.205. The highest BCUT2D eigenvalue weighted by atomic mass is 35.5. The Balaban J connectivity index is 3.89. The second-order valence-electron chi connectivity index (χ2n) is 2.57. The molecule has 0 aliphatic rings. The van der Waals surface area contributed by atoms with Gasteiger partial charge in [0.05, 0.1) is 0 Å². The van der Waals surface area contributed by atoms with E-state index in [1.165, 1.54) is 0 Å². The number of hydrogen-bond acceptors (Lipinski definition) is 1. The molecule has 0 amide bonds. The van der Waals surface area contributed by atoms with E-state index >= 15 is 0 Å². The van der Waals surface area contributed by atoms with Crippen molar-refractivity contribution in [3.05, 3.63) is 17.4 Å². The molecule has 0 aromatic rings. The third kappa shape index (κ3) is 6.21. The van der Waals surface area contributed by atoms with Gasteiger partial charge in [0.1, 0.15) is 0 Å². The summed E-state index contributed by atoms with van der Waals surface area (Å²) in [5.74, 6) is 0.669. The largest absolute Gasteiger partial charge is 0.298 e. The van der Waals surface area contributed by atoms with E-state index in [0.29, 0.717) is 5.88 Å². The molecule has 0 bridgehead atoms. The van der Waals surface area contributed by atoms with Crippen LogP contribution >= 0.6 is 11.6 Å². The summed E-state index contributed by atoms with van der Waals surface area (Å²) in [5.41, 5.74) is 3.73. The molecule has 2 heteroatoms. The molecule has 0 atom stereocenters. The Labute approximate surface area is 79.1 Å². The van der Waals surface area contributed by atoms with Crippen molar-refractivity contribution in [3.8, 4) is 0 Å². The third-order valence-corrected chi connectivity index (χ3v) is 1.70. The average molecular weight is 187 g/mol. The lowest BCUT2D eigenvalue weighted by Gasteiger charge is -1.89. The SMILES string of the molecule is CCCC(=C=CCCCCl)C=O. The second kappa shape index (κ2) is 8.58. The van der Waals surface area contributed by atoms with Crippen LogP contribution in [0.15, 0.2) is 17.4 Å². The summed E-state index contributed by atoms with van der Waals surface area (Å²) in [6, 6.07) is 0. The molecule has 0 spiro atoms. The van der Waals surface area contributed by atoms with Crippen LogP contribution in [0.4, 0.5) is 0 Å². The van der Waals surface area contributed by atoms with Crippen LogP contribution in [0.3, 0.4) is 0 Å². The van der Waals surface area contributed by atoms with Crippen LogP contribution in [0.25, 0.3) is 0 Å². The highest BCUT2D eigenvalue weighted by molar-refractivity contribution is 6.17. The van der Waals surface area contributed by atoms with Crippen LogP contribution in [-0.2, 0) is 4.79 Å². The lowest BCUT2D eigenvalue weighted by molar-refractivity contribution is -0.105. The lowest BCUT2D eigenvalue weighted by atomic mass is 10.2. The van der Waals surface area contributed by atoms with Crippen LogP contribution in [-0.4, -0.2) is 12.2 Å². The van der Waals surface area contributed by atoms with Gasteiger partial charge in [-0.05, 0) is 25.3 Å². The van der Waals surface area contributed by atoms with Crippen molar-refractivity contribution in [2.45, 2.75) is 32.6 Å². The fraction of sp³-hybridized carbons (Fsp3) is 0.600. The second-order valence-corrected chi connectivity index (χ2v) is 2.95. The maximum atomic E-state index is 10.4. The Bertz CT molecular complexity index is 178. The van der Waals surface area contributed by atoms with Gasteiger partial charge in [-0.15, -0.1) is 17.3 Å². The van der Waals surface area contributed by atoms with Crippen molar-refractivity contribution in [2.75, 3.05) is 5.88 Å². The summed E-state index contributed by atoms with van der Waals surface area (Å²) in [5, 5.41) is 0. The Hall–Kier alpha value is -0.520. The maximum Gasteiger partial charge on any atom is 0.153 e. The fourth-order valence-corrected chi connectivity index (χ4v) is 0.971. The standard InChI is InChI=1S/C10H15ClO/c1-2-6-10(9-12)7-4-3-5-8-11/h4,9H,2-3,5-6,8H2,1H3. The first-order valence-electron chi connectivity index (χ1n) is 4.30. The normalized spacial score (nSPS) is 8.83. The minimum absolute atomic E-state index is 0.669. The van der Waals surface area contributed by atoms with Crippen molar-refractivity contribution in [1.82, 2.24) is 0 Å². The maximum absolute atomic E-state index is 10.4. The van der Waals surface area contributed by atoms with E-state index in [9.17, 15) is 4.79 Å². The predicted molar refractivity (Wildman–Crippen MR) is 52.5 cm³/mol. The summed E-state index contributed by atoms with van der Waals surface area (Å²) in [4.78, 5) is 10.4. The van der Waals surface area contributed by atoms with Crippen LogP contribution in [0.5, 0.6) is 0 Å². The summed E-state index contributed by atoms with van der Waals surface area (Å²) in [6.07, 6.45) is 6.44. The van der Waals surface area contributed by atoms with Gasteiger partial charge in [0, 0.05) is 11.5 Å². The number of aldehydes is 1. The van der Waals surface area contributed by atoms with Gasteiger partial charge in [-0.2, -0.15) is 0 Å². The summed E-state index contributed by atoms with van der Waals surface area (Å²) in [6.45, 7) is 2.05. The zero-order valence-electron chi connectivity index (χ0n) is 7.48. The molecule has 0 fully saturated rings. The number of hydrogen-bond donors (Lipinski definition) is 0. The van der Waals surface area contributed by atoms with Crippen molar-refractivity contribution < 1.29 is 4.79 Å². The first kappa shape index (κ1) is 11.5. The van der Waals surface area contributed by atoms with Crippen LogP contribution < -0.4 is 0 Å². The molecule has 68 valence electrons. The molecule has 0 radical (unpaired) electrons. The lowest BCUT2D eigenvalue weighted by Crippen LogP contribution is -1.80. The molecule has 0 saturated heterocycles. The van der Waals surface area contributed by atoms with Gasteiger partial charge in [-0.3, -0.25) is 4.79 Å². The summed E-state index contributed by atoms with van der Waals surface area (Å²) >= 11 is 5.49. The van der Waals surface area contributed by atoms with Gasteiger partial charge in [0.25, 0.3) is 0 Å². The minimum Gasteiger partial charge on any atom is -0.298 e. The zero-order chi connectivity index (χ0) is 9.23. The fourth-order valence-electron chi connectivity index (χ4n) is 0.817. The highest BCUT2D eigenvalue weighted by Gasteiger charge is 1.88. The molecular formula is C10H15ClO. The Morgan fingerprint density at radius 3 is 2.83 bits per heavy atom. The number of carbonyl (C=O) groups is 1. The van der Waals surface area contributed by atoms with E-state index in [2.05, 4.69) is 5.73 Å². The van der Waals surface area contributed by atoms with Gasteiger partial charge in [-0.1, -0.05) is 13.3 Å². The average Bonchev–Trinajstić information content (AvgIpc) is 2.10. The Kier molecular flexibility index (Phi) is 8.20. The summed E-state index contributed by atoms with van der Waals surface area (Å²) < 4.78 is 0. The number of halogens is 1. The number of unbranched alkanes of at least 4 members (excludes halogenated alkanes) is 1. The highest BCUT2D eigenvalue weighted by Crippen LogP contribution is 2.00. The molecule has 0 aromatic heterocycles. The Morgan fingerprint density at radius 1 is 1.58 bits per heavy atom.